The third-order valence-corrected chi connectivity index (χ3v) is 5.08. The van der Waals surface area contributed by atoms with Crippen molar-refractivity contribution in [3.63, 3.8) is 0 Å². The van der Waals surface area contributed by atoms with Crippen LogP contribution in [0.3, 0.4) is 0 Å². The Balaban J connectivity index is 1.75. The maximum atomic E-state index is 13.2. The number of morpholine rings is 1. The Labute approximate surface area is 185 Å². The summed E-state index contributed by atoms with van der Waals surface area (Å²) in [6, 6.07) is 7.48. The molecule has 0 aromatic heterocycles. The van der Waals surface area contributed by atoms with Gasteiger partial charge in [-0.15, -0.1) is 0 Å². The zero-order chi connectivity index (χ0) is 22.6. The minimum atomic E-state index is -4.59. The Kier molecular flexibility index (Phi) is 7.30. The number of hydrogen-bond acceptors (Lipinski definition) is 5. The predicted octanol–water partition coefficient (Wildman–Crippen LogP) is 4.64. The van der Waals surface area contributed by atoms with Crippen molar-refractivity contribution in [2.24, 2.45) is 0 Å². The number of rotatable bonds is 5. The number of nitrogens with one attached hydrogen (secondary N) is 1. The van der Waals surface area contributed by atoms with Crippen LogP contribution in [0, 0.1) is 0 Å². The second-order valence-corrected chi connectivity index (χ2v) is 7.36. The van der Waals surface area contributed by atoms with Gasteiger partial charge in [0.15, 0.2) is 6.61 Å². The van der Waals surface area contributed by atoms with E-state index in [9.17, 15) is 22.8 Å². The molecule has 31 heavy (non-hydrogen) atoms. The molecule has 11 heteroatoms. The van der Waals surface area contributed by atoms with Gasteiger partial charge in [0.05, 0.1) is 45.8 Å². The number of hydrogen-bond donors (Lipinski definition) is 1. The second-order valence-electron chi connectivity index (χ2n) is 6.55. The van der Waals surface area contributed by atoms with Gasteiger partial charge in [0.2, 0.25) is 0 Å². The molecule has 0 saturated carbocycles. The summed E-state index contributed by atoms with van der Waals surface area (Å²) in [5.74, 6) is -1.74. The number of alkyl halides is 3. The lowest BCUT2D eigenvalue weighted by Gasteiger charge is -2.31. The van der Waals surface area contributed by atoms with Crippen LogP contribution in [-0.4, -0.2) is 44.8 Å². The standard InChI is InChI=1S/C20H17Cl2F3N2O4/c21-13-2-1-3-14(22)18(13)19(29)31-11-17(28)26-15-10-12(20(23,24)25)4-5-16(15)27-6-8-30-9-7-27/h1-5,10H,6-9,11H2,(H,26,28). The third-order valence-electron chi connectivity index (χ3n) is 4.45. The van der Waals surface area contributed by atoms with Crippen molar-refractivity contribution in [3.05, 3.63) is 57.6 Å². The molecule has 1 amide bonds. The highest BCUT2D eigenvalue weighted by molar-refractivity contribution is 6.39. The van der Waals surface area contributed by atoms with Gasteiger partial charge in [-0.3, -0.25) is 4.79 Å². The lowest BCUT2D eigenvalue weighted by molar-refractivity contribution is -0.137. The molecule has 1 aliphatic rings. The van der Waals surface area contributed by atoms with Gasteiger partial charge >= 0.3 is 12.1 Å². The van der Waals surface area contributed by atoms with E-state index in [0.29, 0.717) is 32.0 Å². The molecule has 166 valence electrons. The van der Waals surface area contributed by atoms with Crippen molar-refractivity contribution in [1.29, 1.82) is 0 Å². The Morgan fingerprint density at radius 2 is 1.74 bits per heavy atom. The number of carbonyl (C=O) groups excluding carboxylic acids is 2. The molecule has 2 aromatic carbocycles. The topological polar surface area (TPSA) is 67.9 Å². The average molecular weight is 477 g/mol. The van der Waals surface area contributed by atoms with Gasteiger partial charge in [-0.1, -0.05) is 29.3 Å². The Morgan fingerprint density at radius 1 is 1.10 bits per heavy atom. The van der Waals surface area contributed by atoms with Crippen LogP contribution in [0.2, 0.25) is 10.0 Å². The molecule has 1 N–H and O–H groups in total. The zero-order valence-corrected chi connectivity index (χ0v) is 17.5. The first-order valence-electron chi connectivity index (χ1n) is 9.11. The number of ether oxygens (including phenoxy) is 2. The summed E-state index contributed by atoms with van der Waals surface area (Å²) in [6.45, 7) is 0.983. The maximum absolute atomic E-state index is 13.2. The van der Waals surface area contributed by atoms with E-state index in [2.05, 4.69) is 5.32 Å². The first kappa shape index (κ1) is 23.2. The SMILES string of the molecule is O=C(COC(=O)c1c(Cl)cccc1Cl)Nc1cc(C(F)(F)F)ccc1N1CCOCC1. The first-order valence-corrected chi connectivity index (χ1v) is 9.87. The molecule has 3 rings (SSSR count). The van der Waals surface area contributed by atoms with Crippen LogP contribution >= 0.6 is 23.2 Å². The first-order chi connectivity index (χ1) is 14.7. The van der Waals surface area contributed by atoms with E-state index in [4.69, 9.17) is 32.7 Å². The molecule has 1 saturated heterocycles. The molecule has 1 heterocycles. The van der Waals surface area contributed by atoms with Gasteiger partial charge in [-0.25, -0.2) is 4.79 Å². The van der Waals surface area contributed by atoms with E-state index >= 15 is 0 Å². The monoisotopic (exact) mass is 476 g/mol. The van der Waals surface area contributed by atoms with Gasteiger partial charge in [-0.05, 0) is 30.3 Å². The smallest absolute Gasteiger partial charge is 0.416 e. The second kappa shape index (κ2) is 9.76. The van der Waals surface area contributed by atoms with Crippen LogP contribution in [0.1, 0.15) is 15.9 Å². The van der Waals surface area contributed by atoms with E-state index in [1.54, 1.807) is 4.90 Å². The quantitative estimate of drug-likeness (QED) is 0.636. The minimum Gasteiger partial charge on any atom is -0.452 e. The number of esters is 1. The highest BCUT2D eigenvalue weighted by Gasteiger charge is 2.32. The fourth-order valence-corrected chi connectivity index (χ4v) is 3.53. The summed E-state index contributed by atoms with van der Waals surface area (Å²) < 4.78 is 49.7. The minimum absolute atomic E-state index is 0.0467. The summed E-state index contributed by atoms with van der Waals surface area (Å²) in [6.07, 6.45) is -4.59. The van der Waals surface area contributed by atoms with E-state index in [-0.39, 0.29) is 21.3 Å². The molecular formula is C20H17Cl2F3N2O4. The molecule has 1 aliphatic heterocycles. The fourth-order valence-electron chi connectivity index (χ4n) is 2.97. The van der Waals surface area contributed by atoms with Gasteiger partial charge in [0, 0.05) is 13.1 Å². The highest BCUT2D eigenvalue weighted by Crippen LogP contribution is 2.35. The number of nitrogens with zero attached hydrogens (tertiary/aromatic N) is 1. The number of halogens is 5. The molecule has 2 aromatic rings. The molecular weight excluding hydrogens is 460 g/mol. The van der Waals surface area contributed by atoms with Crippen LogP contribution in [0.15, 0.2) is 36.4 Å². The maximum Gasteiger partial charge on any atom is 0.416 e. The predicted molar refractivity (Wildman–Crippen MR) is 110 cm³/mol. The molecule has 6 nitrogen and oxygen atoms in total. The van der Waals surface area contributed by atoms with E-state index in [1.165, 1.54) is 24.3 Å². The van der Waals surface area contributed by atoms with Crippen molar-refractivity contribution in [1.82, 2.24) is 0 Å². The molecule has 0 aliphatic carbocycles. The summed E-state index contributed by atoms with van der Waals surface area (Å²) >= 11 is 11.9. The summed E-state index contributed by atoms with van der Waals surface area (Å²) in [5.41, 5.74) is -0.662. The van der Waals surface area contributed by atoms with E-state index < -0.39 is 30.2 Å². The van der Waals surface area contributed by atoms with E-state index in [0.717, 1.165) is 12.1 Å². The largest absolute Gasteiger partial charge is 0.452 e. The normalized spacial score (nSPS) is 14.3. The highest BCUT2D eigenvalue weighted by atomic mass is 35.5. The number of benzene rings is 2. The van der Waals surface area contributed by atoms with Crippen molar-refractivity contribution in [3.8, 4) is 0 Å². The third kappa shape index (κ3) is 5.81. The van der Waals surface area contributed by atoms with E-state index in [1.807, 2.05) is 0 Å². The lowest BCUT2D eigenvalue weighted by Crippen LogP contribution is -2.37. The van der Waals surface area contributed by atoms with Gasteiger partial charge in [0.25, 0.3) is 5.91 Å². The molecule has 0 spiro atoms. The molecule has 0 bridgehead atoms. The van der Waals surface area contributed by atoms with Crippen LogP contribution in [0.5, 0.6) is 0 Å². The van der Waals surface area contributed by atoms with Gasteiger partial charge < -0.3 is 19.7 Å². The van der Waals surface area contributed by atoms with Crippen LogP contribution < -0.4 is 10.2 Å². The van der Waals surface area contributed by atoms with Crippen LogP contribution in [0.4, 0.5) is 24.5 Å². The zero-order valence-electron chi connectivity index (χ0n) is 16.0. The molecule has 0 unspecified atom stereocenters. The van der Waals surface area contributed by atoms with Crippen molar-refractivity contribution >= 4 is 46.5 Å². The van der Waals surface area contributed by atoms with Gasteiger partial charge in [-0.2, -0.15) is 13.2 Å². The average Bonchev–Trinajstić information content (AvgIpc) is 2.72. The van der Waals surface area contributed by atoms with Gasteiger partial charge in [0.1, 0.15) is 0 Å². The molecule has 1 fully saturated rings. The Hall–Kier alpha value is -2.49. The Morgan fingerprint density at radius 3 is 2.35 bits per heavy atom. The van der Waals surface area contributed by atoms with Crippen LogP contribution in [0.25, 0.3) is 0 Å². The summed E-state index contributed by atoms with van der Waals surface area (Å²) in [7, 11) is 0. The summed E-state index contributed by atoms with van der Waals surface area (Å²) in [4.78, 5) is 26.3. The van der Waals surface area contributed by atoms with Crippen molar-refractivity contribution in [2.45, 2.75) is 6.18 Å². The Bertz CT molecular complexity index is 959. The molecule has 0 radical (unpaired) electrons. The van der Waals surface area contributed by atoms with Crippen molar-refractivity contribution in [2.75, 3.05) is 43.1 Å². The molecule has 0 atom stereocenters. The number of amides is 1. The van der Waals surface area contributed by atoms with Crippen molar-refractivity contribution < 1.29 is 32.2 Å². The number of carbonyl (C=O) groups is 2. The lowest BCUT2D eigenvalue weighted by atomic mass is 10.1. The fraction of sp³-hybridized carbons (Fsp3) is 0.300. The van der Waals surface area contributed by atoms with Crippen LogP contribution in [-0.2, 0) is 20.4 Å². The number of anilines is 2. The summed E-state index contributed by atoms with van der Waals surface area (Å²) in [5, 5.41) is 2.49.